The second-order valence-electron chi connectivity index (χ2n) is 7.23. The topological polar surface area (TPSA) is 55.6 Å². The number of carbonyl (C=O) groups excluding carboxylic acids is 1. The first-order chi connectivity index (χ1) is 10.4. The molecule has 1 aromatic rings. The number of fused-ring (bicyclic) bond motifs is 1. The number of hydrogen-bond acceptors (Lipinski definition) is 3. The third-order valence-electron chi connectivity index (χ3n) is 5.55. The number of benzene rings is 1. The van der Waals surface area contributed by atoms with Crippen LogP contribution in [0.4, 0.5) is 0 Å². The minimum absolute atomic E-state index is 0.208. The molecule has 2 fully saturated rings. The van der Waals surface area contributed by atoms with Crippen molar-refractivity contribution in [3.8, 4) is 5.75 Å². The summed E-state index contributed by atoms with van der Waals surface area (Å²) in [5.41, 5.74) is 6.69. The maximum Gasteiger partial charge on any atom is 0.232 e. The molecule has 1 aliphatic carbocycles. The van der Waals surface area contributed by atoms with Gasteiger partial charge in [-0.1, -0.05) is 12.1 Å². The van der Waals surface area contributed by atoms with Crippen LogP contribution in [0.2, 0.25) is 0 Å². The number of likely N-dealkylation sites (tertiary alicyclic amines) is 1. The van der Waals surface area contributed by atoms with Gasteiger partial charge in [0, 0.05) is 19.1 Å². The highest BCUT2D eigenvalue weighted by Crippen LogP contribution is 2.39. The van der Waals surface area contributed by atoms with E-state index in [-0.39, 0.29) is 11.9 Å². The van der Waals surface area contributed by atoms with Crippen LogP contribution in [0.15, 0.2) is 24.3 Å². The van der Waals surface area contributed by atoms with Crippen molar-refractivity contribution in [1.29, 1.82) is 0 Å². The Morgan fingerprint density at radius 3 is 2.50 bits per heavy atom. The van der Waals surface area contributed by atoms with Gasteiger partial charge in [0.05, 0.1) is 12.5 Å². The van der Waals surface area contributed by atoms with E-state index < -0.39 is 5.41 Å². The Morgan fingerprint density at radius 2 is 1.91 bits per heavy atom. The predicted molar refractivity (Wildman–Crippen MR) is 86.8 cm³/mol. The fourth-order valence-electron chi connectivity index (χ4n) is 4.00. The Bertz CT molecular complexity index is 553. The molecule has 2 aliphatic rings. The monoisotopic (exact) mass is 302 g/mol. The average molecular weight is 302 g/mol. The third-order valence-corrected chi connectivity index (χ3v) is 5.55. The minimum atomic E-state index is -0.519. The van der Waals surface area contributed by atoms with Crippen LogP contribution in [0, 0.1) is 11.8 Å². The zero-order valence-electron chi connectivity index (χ0n) is 13.7. The van der Waals surface area contributed by atoms with Gasteiger partial charge in [-0.25, -0.2) is 0 Å². The van der Waals surface area contributed by atoms with Crippen molar-refractivity contribution in [1.82, 2.24) is 4.90 Å². The average Bonchev–Trinajstić information content (AvgIpc) is 3.09. The maximum absolute atomic E-state index is 13.0. The van der Waals surface area contributed by atoms with Gasteiger partial charge in [-0.3, -0.25) is 4.79 Å². The molecule has 120 valence electrons. The van der Waals surface area contributed by atoms with Crippen molar-refractivity contribution in [2.45, 2.75) is 38.1 Å². The van der Waals surface area contributed by atoms with Gasteiger partial charge in [0.1, 0.15) is 5.75 Å². The molecule has 0 aromatic heterocycles. The Hall–Kier alpha value is -1.55. The molecule has 3 atom stereocenters. The number of amides is 1. The molecule has 22 heavy (non-hydrogen) atoms. The molecule has 3 unspecified atom stereocenters. The molecule has 0 radical (unpaired) electrons. The lowest BCUT2D eigenvalue weighted by atomic mass is 9.83. The SMILES string of the molecule is COc1ccc(C(C)(C)C(=O)N2CC3CCC(N)C3C2)cc1. The summed E-state index contributed by atoms with van der Waals surface area (Å²) in [5.74, 6) is 2.12. The Morgan fingerprint density at radius 1 is 1.23 bits per heavy atom. The molecule has 1 saturated carbocycles. The predicted octanol–water partition coefficient (Wildman–Crippen LogP) is 2.17. The summed E-state index contributed by atoms with van der Waals surface area (Å²) in [7, 11) is 1.65. The van der Waals surface area contributed by atoms with Crippen LogP contribution in [-0.4, -0.2) is 37.0 Å². The van der Waals surface area contributed by atoms with Gasteiger partial charge in [-0.05, 0) is 56.2 Å². The van der Waals surface area contributed by atoms with Crippen molar-refractivity contribution < 1.29 is 9.53 Å². The van der Waals surface area contributed by atoms with Crippen molar-refractivity contribution in [2.75, 3.05) is 20.2 Å². The van der Waals surface area contributed by atoms with Gasteiger partial charge in [-0.2, -0.15) is 0 Å². The minimum Gasteiger partial charge on any atom is -0.497 e. The molecular formula is C18H26N2O2. The second kappa shape index (κ2) is 5.58. The zero-order valence-corrected chi connectivity index (χ0v) is 13.7. The van der Waals surface area contributed by atoms with E-state index >= 15 is 0 Å². The smallest absolute Gasteiger partial charge is 0.232 e. The van der Waals surface area contributed by atoms with Gasteiger partial charge in [-0.15, -0.1) is 0 Å². The number of nitrogens with zero attached hydrogens (tertiary/aromatic N) is 1. The number of hydrogen-bond donors (Lipinski definition) is 1. The summed E-state index contributed by atoms with van der Waals surface area (Å²) in [6, 6.07) is 8.07. The van der Waals surface area contributed by atoms with E-state index in [1.54, 1.807) is 7.11 Å². The third kappa shape index (κ3) is 2.50. The molecule has 1 heterocycles. The van der Waals surface area contributed by atoms with Crippen LogP contribution in [0.25, 0.3) is 0 Å². The van der Waals surface area contributed by atoms with Crippen LogP contribution in [0.1, 0.15) is 32.3 Å². The molecule has 1 amide bonds. The first-order valence-electron chi connectivity index (χ1n) is 8.13. The first kappa shape index (κ1) is 15.3. The van der Waals surface area contributed by atoms with Crippen molar-refractivity contribution in [2.24, 2.45) is 17.6 Å². The fourth-order valence-corrected chi connectivity index (χ4v) is 4.00. The first-order valence-corrected chi connectivity index (χ1v) is 8.13. The molecular weight excluding hydrogens is 276 g/mol. The van der Waals surface area contributed by atoms with Crippen LogP contribution in [0.5, 0.6) is 5.75 Å². The molecule has 1 aromatic carbocycles. The number of rotatable bonds is 3. The van der Waals surface area contributed by atoms with Gasteiger partial charge >= 0.3 is 0 Å². The lowest BCUT2D eigenvalue weighted by Crippen LogP contribution is -2.43. The highest BCUT2D eigenvalue weighted by Gasteiger charge is 2.45. The van der Waals surface area contributed by atoms with E-state index in [9.17, 15) is 4.79 Å². The van der Waals surface area contributed by atoms with Crippen molar-refractivity contribution >= 4 is 5.91 Å². The van der Waals surface area contributed by atoms with Crippen LogP contribution < -0.4 is 10.5 Å². The summed E-state index contributed by atoms with van der Waals surface area (Å²) in [4.78, 5) is 15.0. The molecule has 4 heteroatoms. The molecule has 1 aliphatic heterocycles. The van der Waals surface area contributed by atoms with Crippen LogP contribution in [0.3, 0.4) is 0 Å². The van der Waals surface area contributed by atoms with Gasteiger partial charge < -0.3 is 15.4 Å². The van der Waals surface area contributed by atoms with E-state index in [2.05, 4.69) is 0 Å². The Kier molecular flexibility index (Phi) is 3.89. The number of methoxy groups -OCH3 is 1. The Balaban J connectivity index is 1.75. The fraction of sp³-hybridized carbons (Fsp3) is 0.611. The van der Waals surface area contributed by atoms with Gasteiger partial charge in [0.2, 0.25) is 5.91 Å². The highest BCUT2D eigenvalue weighted by molar-refractivity contribution is 5.87. The largest absolute Gasteiger partial charge is 0.497 e. The van der Waals surface area contributed by atoms with E-state index in [1.807, 2.05) is 43.0 Å². The number of carbonyl (C=O) groups is 1. The summed E-state index contributed by atoms with van der Waals surface area (Å²) in [5, 5.41) is 0. The molecule has 1 saturated heterocycles. The number of nitrogens with two attached hydrogens (primary N) is 1. The molecule has 2 N–H and O–H groups in total. The van der Waals surface area contributed by atoms with Gasteiger partial charge in [0.15, 0.2) is 0 Å². The standard InChI is InChI=1S/C18H26N2O2/c1-18(2,13-5-7-14(22-3)8-6-13)17(21)20-10-12-4-9-16(19)15(12)11-20/h5-8,12,15-16H,4,9-11,19H2,1-3H3. The van der Waals surface area contributed by atoms with E-state index in [1.165, 1.54) is 6.42 Å². The summed E-state index contributed by atoms with van der Waals surface area (Å²) >= 11 is 0. The molecule has 0 spiro atoms. The van der Waals surface area contributed by atoms with Crippen molar-refractivity contribution in [3.05, 3.63) is 29.8 Å². The second-order valence-corrected chi connectivity index (χ2v) is 7.23. The zero-order chi connectivity index (χ0) is 15.9. The highest BCUT2D eigenvalue weighted by atomic mass is 16.5. The number of ether oxygens (including phenoxy) is 1. The van der Waals surface area contributed by atoms with Crippen LogP contribution >= 0.6 is 0 Å². The summed E-state index contributed by atoms with van der Waals surface area (Å²) in [6.45, 7) is 5.71. The normalized spacial score (nSPS) is 27.8. The van der Waals surface area contributed by atoms with E-state index in [4.69, 9.17) is 10.5 Å². The maximum atomic E-state index is 13.0. The summed E-state index contributed by atoms with van der Waals surface area (Å²) in [6.07, 6.45) is 2.28. The molecule has 4 nitrogen and oxygen atoms in total. The molecule has 3 rings (SSSR count). The van der Waals surface area contributed by atoms with Crippen molar-refractivity contribution in [3.63, 3.8) is 0 Å². The van der Waals surface area contributed by atoms with Crippen LogP contribution in [-0.2, 0) is 10.2 Å². The quantitative estimate of drug-likeness (QED) is 0.931. The van der Waals surface area contributed by atoms with Gasteiger partial charge in [0.25, 0.3) is 0 Å². The molecule has 0 bridgehead atoms. The Labute approximate surface area is 132 Å². The summed E-state index contributed by atoms with van der Waals surface area (Å²) < 4.78 is 5.19. The van der Waals surface area contributed by atoms with E-state index in [0.29, 0.717) is 11.8 Å². The lowest BCUT2D eigenvalue weighted by Gasteiger charge is -2.30. The lowest BCUT2D eigenvalue weighted by molar-refractivity contribution is -0.135. The van der Waals surface area contributed by atoms with E-state index in [0.717, 1.165) is 30.8 Å².